The maximum absolute atomic E-state index is 9.11. The lowest BCUT2D eigenvalue weighted by molar-refractivity contribution is 0.356. The van der Waals surface area contributed by atoms with E-state index in [9.17, 15) is 0 Å². The number of halogens is 1. The van der Waals surface area contributed by atoms with Crippen LogP contribution in [0.3, 0.4) is 0 Å². The zero-order valence-corrected chi connectivity index (χ0v) is 11.0. The molecule has 0 aliphatic heterocycles. The first-order valence-corrected chi connectivity index (χ1v) is 5.74. The third-order valence-corrected chi connectivity index (χ3v) is 3.00. The molecule has 0 fully saturated rings. The van der Waals surface area contributed by atoms with E-state index in [1.54, 1.807) is 20.3 Å². The molecule has 0 heterocycles. The molecule has 86 valence electrons. The lowest BCUT2D eigenvalue weighted by Crippen LogP contribution is -1.91. The van der Waals surface area contributed by atoms with Crippen LogP contribution in [0.15, 0.2) is 28.7 Å². The van der Waals surface area contributed by atoms with E-state index < -0.39 is 0 Å². The Hall–Kier alpha value is -1.73. The Morgan fingerprint density at radius 3 is 2.29 bits per heavy atom. The Bertz CT molecular complexity index is 617. The molecule has 2 rings (SSSR count). The van der Waals surface area contributed by atoms with Crippen molar-refractivity contribution < 1.29 is 9.47 Å². The molecule has 0 saturated heterocycles. The fourth-order valence-electron chi connectivity index (χ4n) is 1.75. The number of nitriles is 1. The summed E-state index contributed by atoms with van der Waals surface area (Å²) in [5.41, 5.74) is 0.607. The predicted molar refractivity (Wildman–Crippen MR) is 69.5 cm³/mol. The Balaban J connectivity index is 2.83. The molecule has 2 aromatic carbocycles. The average Bonchev–Trinajstić information content (AvgIpc) is 2.35. The molecule has 0 saturated carbocycles. The highest BCUT2D eigenvalue weighted by Crippen LogP contribution is 2.34. The summed E-state index contributed by atoms with van der Waals surface area (Å²) in [5.74, 6) is 1.28. The Kier molecular flexibility index (Phi) is 3.21. The maximum atomic E-state index is 9.11. The van der Waals surface area contributed by atoms with Crippen LogP contribution in [-0.2, 0) is 0 Å². The van der Waals surface area contributed by atoms with Crippen LogP contribution in [0.2, 0.25) is 0 Å². The Morgan fingerprint density at radius 1 is 1.06 bits per heavy atom. The highest BCUT2D eigenvalue weighted by atomic mass is 79.9. The number of benzene rings is 2. The fraction of sp³-hybridized carbons (Fsp3) is 0.154. The Labute approximate surface area is 108 Å². The van der Waals surface area contributed by atoms with Crippen LogP contribution in [0.1, 0.15) is 5.56 Å². The van der Waals surface area contributed by atoms with E-state index in [1.807, 2.05) is 18.2 Å². The summed E-state index contributed by atoms with van der Waals surface area (Å²) >= 11 is 3.38. The monoisotopic (exact) mass is 291 g/mol. The minimum atomic E-state index is 0.607. The van der Waals surface area contributed by atoms with Crippen LogP contribution < -0.4 is 9.47 Å². The summed E-state index contributed by atoms with van der Waals surface area (Å²) < 4.78 is 11.3. The molecule has 0 aliphatic carbocycles. The van der Waals surface area contributed by atoms with Crippen LogP contribution >= 0.6 is 15.9 Å². The van der Waals surface area contributed by atoms with E-state index >= 15 is 0 Å². The molecule has 0 spiro atoms. The SMILES string of the molecule is COc1cc2cc(Br)cc(C#N)c2cc1OC. The molecule has 0 unspecified atom stereocenters. The van der Waals surface area contributed by atoms with Crippen molar-refractivity contribution in [1.29, 1.82) is 5.26 Å². The zero-order chi connectivity index (χ0) is 12.4. The second-order valence-corrected chi connectivity index (χ2v) is 4.41. The van der Waals surface area contributed by atoms with Crippen molar-refractivity contribution in [3.8, 4) is 17.6 Å². The lowest BCUT2D eigenvalue weighted by Gasteiger charge is -2.10. The number of nitrogens with zero attached hydrogens (tertiary/aromatic N) is 1. The van der Waals surface area contributed by atoms with E-state index in [4.69, 9.17) is 14.7 Å². The van der Waals surface area contributed by atoms with Crippen molar-refractivity contribution in [3.05, 3.63) is 34.3 Å². The minimum Gasteiger partial charge on any atom is -0.493 e. The zero-order valence-electron chi connectivity index (χ0n) is 9.45. The van der Waals surface area contributed by atoms with E-state index in [2.05, 4.69) is 22.0 Å². The third kappa shape index (κ3) is 2.06. The van der Waals surface area contributed by atoms with E-state index in [0.29, 0.717) is 17.1 Å². The second-order valence-electron chi connectivity index (χ2n) is 3.49. The molecule has 17 heavy (non-hydrogen) atoms. The summed E-state index contributed by atoms with van der Waals surface area (Å²) in [6.45, 7) is 0. The quantitative estimate of drug-likeness (QED) is 0.851. The molecule has 0 atom stereocenters. The fourth-order valence-corrected chi connectivity index (χ4v) is 2.22. The van der Waals surface area contributed by atoms with E-state index in [0.717, 1.165) is 15.2 Å². The third-order valence-electron chi connectivity index (χ3n) is 2.54. The van der Waals surface area contributed by atoms with Crippen molar-refractivity contribution in [2.75, 3.05) is 14.2 Å². The van der Waals surface area contributed by atoms with Crippen molar-refractivity contribution in [2.24, 2.45) is 0 Å². The number of ether oxygens (including phenoxy) is 2. The van der Waals surface area contributed by atoms with E-state index in [1.165, 1.54) is 0 Å². The highest BCUT2D eigenvalue weighted by molar-refractivity contribution is 9.10. The van der Waals surface area contributed by atoms with Gasteiger partial charge in [-0.3, -0.25) is 0 Å². The summed E-state index contributed by atoms with van der Waals surface area (Å²) in [5, 5.41) is 10.9. The first kappa shape index (κ1) is 11.7. The lowest BCUT2D eigenvalue weighted by atomic mass is 10.0. The molecular formula is C13H10BrNO2. The van der Waals surface area contributed by atoms with Gasteiger partial charge in [-0.25, -0.2) is 0 Å². The predicted octanol–water partition coefficient (Wildman–Crippen LogP) is 3.49. The van der Waals surface area contributed by atoms with Gasteiger partial charge in [0, 0.05) is 9.86 Å². The normalized spacial score (nSPS) is 10.0. The van der Waals surface area contributed by atoms with Gasteiger partial charge in [-0.15, -0.1) is 0 Å². The van der Waals surface area contributed by atoms with Crippen LogP contribution in [0.4, 0.5) is 0 Å². The van der Waals surface area contributed by atoms with Gasteiger partial charge in [-0.2, -0.15) is 5.26 Å². The van der Waals surface area contributed by atoms with Crippen molar-refractivity contribution in [2.45, 2.75) is 0 Å². The smallest absolute Gasteiger partial charge is 0.161 e. The number of rotatable bonds is 2. The topological polar surface area (TPSA) is 42.2 Å². The van der Waals surface area contributed by atoms with Gasteiger partial charge in [0.25, 0.3) is 0 Å². The van der Waals surface area contributed by atoms with Gasteiger partial charge in [0.05, 0.1) is 25.9 Å². The van der Waals surface area contributed by atoms with Gasteiger partial charge in [-0.1, -0.05) is 15.9 Å². The van der Waals surface area contributed by atoms with Gasteiger partial charge >= 0.3 is 0 Å². The van der Waals surface area contributed by atoms with Crippen molar-refractivity contribution in [3.63, 3.8) is 0 Å². The van der Waals surface area contributed by atoms with Crippen LogP contribution in [0, 0.1) is 11.3 Å². The van der Waals surface area contributed by atoms with Crippen LogP contribution in [0.5, 0.6) is 11.5 Å². The number of fused-ring (bicyclic) bond motifs is 1. The summed E-state index contributed by atoms with van der Waals surface area (Å²) in [7, 11) is 3.17. The van der Waals surface area contributed by atoms with Crippen LogP contribution in [0.25, 0.3) is 10.8 Å². The highest BCUT2D eigenvalue weighted by Gasteiger charge is 2.09. The van der Waals surface area contributed by atoms with Crippen LogP contribution in [-0.4, -0.2) is 14.2 Å². The number of hydrogen-bond donors (Lipinski definition) is 0. The molecule has 4 heteroatoms. The van der Waals surface area contributed by atoms with Gasteiger partial charge in [0.2, 0.25) is 0 Å². The van der Waals surface area contributed by atoms with Gasteiger partial charge in [0.15, 0.2) is 11.5 Å². The first-order chi connectivity index (χ1) is 8.19. The molecule has 3 nitrogen and oxygen atoms in total. The molecule has 0 bridgehead atoms. The summed E-state index contributed by atoms with van der Waals surface area (Å²) in [4.78, 5) is 0. The van der Waals surface area contributed by atoms with E-state index in [-0.39, 0.29) is 0 Å². The van der Waals surface area contributed by atoms with Gasteiger partial charge in [0.1, 0.15) is 0 Å². The number of hydrogen-bond acceptors (Lipinski definition) is 3. The molecule has 0 radical (unpaired) electrons. The molecule has 0 amide bonds. The average molecular weight is 292 g/mol. The summed E-state index contributed by atoms with van der Waals surface area (Å²) in [6, 6.07) is 9.58. The second kappa shape index (κ2) is 4.64. The minimum absolute atomic E-state index is 0.607. The molecule has 2 aromatic rings. The van der Waals surface area contributed by atoms with Crippen molar-refractivity contribution >= 4 is 26.7 Å². The molecule has 0 aromatic heterocycles. The summed E-state index contributed by atoms with van der Waals surface area (Å²) in [6.07, 6.45) is 0. The first-order valence-electron chi connectivity index (χ1n) is 4.95. The molecule has 0 aliphatic rings. The maximum Gasteiger partial charge on any atom is 0.161 e. The standard InChI is InChI=1S/C13H10BrNO2/c1-16-12-5-8-3-10(14)4-9(7-15)11(8)6-13(12)17-2/h3-6H,1-2H3. The largest absolute Gasteiger partial charge is 0.493 e. The molecular weight excluding hydrogens is 282 g/mol. The van der Waals surface area contributed by atoms with Crippen molar-refractivity contribution in [1.82, 2.24) is 0 Å². The van der Waals surface area contributed by atoms with Gasteiger partial charge < -0.3 is 9.47 Å². The van der Waals surface area contributed by atoms with Gasteiger partial charge in [-0.05, 0) is 29.7 Å². The number of methoxy groups -OCH3 is 2. The Morgan fingerprint density at radius 2 is 1.71 bits per heavy atom. The molecule has 0 N–H and O–H groups in total.